The van der Waals surface area contributed by atoms with Crippen molar-refractivity contribution in [2.45, 2.75) is 25.7 Å². The Bertz CT molecular complexity index is 571. The Morgan fingerprint density at radius 2 is 1.88 bits per heavy atom. The fraction of sp³-hybridized carbons (Fsp3) is 0.667. The van der Waals surface area contributed by atoms with Crippen molar-refractivity contribution < 1.29 is 9.53 Å². The number of carbonyl (C=O) groups excluding carboxylic acids is 1. The highest BCUT2D eigenvalue weighted by Gasteiger charge is 2.41. The van der Waals surface area contributed by atoms with Crippen LogP contribution in [-0.2, 0) is 16.0 Å². The maximum atomic E-state index is 12.6. The zero-order chi connectivity index (χ0) is 17.1. The summed E-state index contributed by atoms with van der Waals surface area (Å²) in [5.74, 6) is 2.01. The summed E-state index contributed by atoms with van der Waals surface area (Å²) >= 11 is 0. The van der Waals surface area contributed by atoms with Crippen molar-refractivity contribution in [1.82, 2.24) is 9.80 Å². The summed E-state index contributed by atoms with van der Waals surface area (Å²) in [6.45, 7) is 6.95. The van der Waals surface area contributed by atoms with Crippen LogP contribution in [0.4, 0.5) is 0 Å². The number of rotatable bonds is 5. The van der Waals surface area contributed by atoms with Crippen molar-refractivity contribution in [2.24, 2.45) is 17.8 Å². The largest absolute Gasteiger partial charge is 0.381 e. The highest BCUT2D eigenvalue weighted by molar-refractivity contribution is 5.76. The van der Waals surface area contributed by atoms with Crippen LogP contribution in [-0.4, -0.2) is 61.6 Å². The van der Waals surface area contributed by atoms with E-state index >= 15 is 0 Å². The molecule has 0 spiro atoms. The number of amides is 1. The zero-order valence-electron chi connectivity index (χ0n) is 15.1. The Kier molecular flexibility index (Phi) is 5.37. The molecule has 4 heteroatoms. The van der Waals surface area contributed by atoms with Crippen LogP contribution >= 0.6 is 0 Å². The lowest BCUT2D eigenvalue weighted by atomic mass is 9.81. The van der Waals surface area contributed by atoms with Gasteiger partial charge in [-0.15, -0.1) is 0 Å². The highest BCUT2D eigenvalue weighted by Crippen LogP contribution is 2.36. The number of likely N-dealkylation sites (tertiary alicyclic amines) is 2. The molecule has 0 radical (unpaired) electrons. The molecule has 0 saturated carbocycles. The third-order valence-electron chi connectivity index (χ3n) is 6.29. The first-order chi connectivity index (χ1) is 12.3. The van der Waals surface area contributed by atoms with Crippen LogP contribution in [0.15, 0.2) is 30.3 Å². The minimum Gasteiger partial charge on any atom is -0.381 e. The highest BCUT2D eigenvalue weighted by atomic mass is 16.5. The molecule has 1 aromatic rings. The van der Waals surface area contributed by atoms with Gasteiger partial charge in [-0.1, -0.05) is 30.3 Å². The molecule has 4 nitrogen and oxygen atoms in total. The average Bonchev–Trinajstić information content (AvgIpc) is 3.31. The lowest BCUT2D eigenvalue weighted by Gasteiger charge is -2.33. The average molecular weight is 342 g/mol. The Morgan fingerprint density at radius 1 is 1.08 bits per heavy atom. The summed E-state index contributed by atoms with van der Waals surface area (Å²) in [7, 11) is 0. The molecule has 4 rings (SSSR count). The molecule has 3 aliphatic heterocycles. The van der Waals surface area contributed by atoms with Crippen LogP contribution in [0.1, 0.15) is 24.8 Å². The molecule has 136 valence electrons. The Labute approximate surface area is 151 Å². The van der Waals surface area contributed by atoms with Gasteiger partial charge in [0.1, 0.15) is 0 Å². The number of benzene rings is 1. The van der Waals surface area contributed by atoms with E-state index in [-0.39, 0.29) is 0 Å². The Hall–Kier alpha value is -1.39. The zero-order valence-corrected chi connectivity index (χ0v) is 15.1. The van der Waals surface area contributed by atoms with Crippen molar-refractivity contribution in [1.29, 1.82) is 0 Å². The van der Waals surface area contributed by atoms with Crippen LogP contribution in [0.3, 0.4) is 0 Å². The van der Waals surface area contributed by atoms with Crippen LogP contribution in [0.5, 0.6) is 0 Å². The van der Waals surface area contributed by atoms with Gasteiger partial charge in [-0.2, -0.15) is 0 Å². The SMILES string of the molecule is O=C(C[C@@H]1COC[C@H]2CN(CCc3ccccc3)C[C@@H]12)N1CCCC1. The van der Waals surface area contributed by atoms with Crippen molar-refractivity contribution in [3.05, 3.63) is 35.9 Å². The molecule has 0 aliphatic carbocycles. The van der Waals surface area contributed by atoms with Gasteiger partial charge >= 0.3 is 0 Å². The van der Waals surface area contributed by atoms with Gasteiger partial charge in [-0.3, -0.25) is 4.79 Å². The van der Waals surface area contributed by atoms with Crippen LogP contribution in [0.2, 0.25) is 0 Å². The van der Waals surface area contributed by atoms with E-state index in [4.69, 9.17) is 4.74 Å². The van der Waals surface area contributed by atoms with Gasteiger partial charge in [0.2, 0.25) is 5.91 Å². The maximum absolute atomic E-state index is 12.6. The maximum Gasteiger partial charge on any atom is 0.222 e. The molecule has 3 atom stereocenters. The lowest BCUT2D eigenvalue weighted by molar-refractivity contribution is -0.133. The molecule has 0 aromatic heterocycles. The van der Waals surface area contributed by atoms with Crippen molar-refractivity contribution in [3.8, 4) is 0 Å². The van der Waals surface area contributed by atoms with Gasteiger partial charge < -0.3 is 14.5 Å². The fourth-order valence-electron chi connectivity index (χ4n) is 4.84. The van der Waals surface area contributed by atoms with Crippen LogP contribution < -0.4 is 0 Å². The number of fused-ring (bicyclic) bond motifs is 1. The summed E-state index contributed by atoms with van der Waals surface area (Å²) < 4.78 is 5.87. The molecule has 25 heavy (non-hydrogen) atoms. The van der Waals surface area contributed by atoms with Crippen LogP contribution in [0, 0.1) is 17.8 Å². The Balaban J connectivity index is 1.31. The van der Waals surface area contributed by atoms with Crippen LogP contribution in [0.25, 0.3) is 0 Å². The number of hydrogen-bond acceptors (Lipinski definition) is 3. The molecular formula is C21H30N2O2. The van der Waals surface area contributed by atoms with Gasteiger partial charge in [0.05, 0.1) is 13.2 Å². The van der Waals surface area contributed by atoms with E-state index in [0.717, 1.165) is 52.4 Å². The van der Waals surface area contributed by atoms with Gasteiger partial charge in [-0.05, 0) is 42.6 Å². The molecule has 3 aliphatic rings. The summed E-state index contributed by atoms with van der Waals surface area (Å²) in [6.07, 6.45) is 4.14. The van der Waals surface area contributed by atoms with E-state index in [2.05, 4.69) is 40.1 Å². The second-order valence-corrected chi connectivity index (χ2v) is 8.01. The molecule has 3 fully saturated rings. The third kappa shape index (κ3) is 4.06. The quantitative estimate of drug-likeness (QED) is 0.824. The first kappa shape index (κ1) is 17.0. The monoisotopic (exact) mass is 342 g/mol. The van der Waals surface area contributed by atoms with Crippen molar-refractivity contribution >= 4 is 5.91 Å². The normalized spacial score (nSPS) is 29.8. The second-order valence-electron chi connectivity index (χ2n) is 8.01. The molecular weight excluding hydrogens is 312 g/mol. The number of ether oxygens (including phenoxy) is 1. The summed E-state index contributed by atoms with van der Waals surface area (Å²) in [6, 6.07) is 10.7. The number of carbonyl (C=O) groups is 1. The molecule has 1 aromatic carbocycles. The summed E-state index contributed by atoms with van der Waals surface area (Å²) in [5.41, 5.74) is 1.41. The predicted octanol–water partition coefficient (Wildman–Crippen LogP) is 2.44. The van der Waals surface area contributed by atoms with Gasteiger partial charge in [0.15, 0.2) is 0 Å². The molecule has 3 heterocycles. The minimum absolute atomic E-state index is 0.356. The minimum atomic E-state index is 0.356. The smallest absolute Gasteiger partial charge is 0.222 e. The van der Waals surface area contributed by atoms with Gasteiger partial charge in [0, 0.05) is 39.1 Å². The van der Waals surface area contributed by atoms with Gasteiger partial charge in [0.25, 0.3) is 0 Å². The first-order valence-corrected chi connectivity index (χ1v) is 9.91. The Morgan fingerprint density at radius 3 is 2.68 bits per heavy atom. The third-order valence-corrected chi connectivity index (χ3v) is 6.29. The van der Waals surface area contributed by atoms with E-state index in [0.29, 0.717) is 30.1 Å². The first-order valence-electron chi connectivity index (χ1n) is 9.91. The predicted molar refractivity (Wildman–Crippen MR) is 98.3 cm³/mol. The lowest BCUT2D eigenvalue weighted by Crippen LogP contribution is -2.39. The van der Waals surface area contributed by atoms with Gasteiger partial charge in [-0.25, -0.2) is 0 Å². The molecule has 0 N–H and O–H groups in total. The topological polar surface area (TPSA) is 32.8 Å². The van der Waals surface area contributed by atoms with E-state index in [1.165, 1.54) is 18.4 Å². The molecule has 3 saturated heterocycles. The van der Waals surface area contributed by atoms with E-state index in [1.54, 1.807) is 0 Å². The second kappa shape index (κ2) is 7.88. The van der Waals surface area contributed by atoms with Crippen molar-refractivity contribution in [3.63, 3.8) is 0 Å². The van der Waals surface area contributed by atoms with E-state index in [1.807, 2.05) is 0 Å². The van der Waals surface area contributed by atoms with E-state index < -0.39 is 0 Å². The number of hydrogen-bond donors (Lipinski definition) is 0. The molecule has 0 bridgehead atoms. The van der Waals surface area contributed by atoms with Crippen molar-refractivity contribution in [2.75, 3.05) is 45.9 Å². The standard InChI is InChI=1S/C21H30N2O2/c24-21(23-9-4-5-10-23)12-18-15-25-16-19-13-22(14-20(18)19)11-8-17-6-2-1-3-7-17/h1-3,6-7,18-20H,4-5,8-16H2/t18-,19-,20+/m1/s1. The summed E-state index contributed by atoms with van der Waals surface area (Å²) in [5, 5.41) is 0. The van der Waals surface area contributed by atoms with E-state index in [9.17, 15) is 4.79 Å². The number of nitrogens with zero attached hydrogens (tertiary/aromatic N) is 2. The molecule has 1 amide bonds. The molecule has 0 unspecified atom stereocenters. The summed E-state index contributed by atoms with van der Waals surface area (Å²) in [4.78, 5) is 17.2. The fourth-order valence-corrected chi connectivity index (χ4v) is 4.84.